The first-order valence-corrected chi connectivity index (χ1v) is 8.73. The zero-order chi connectivity index (χ0) is 15.9. The minimum absolute atomic E-state index is 0.237. The zero-order valence-electron chi connectivity index (χ0n) is 14.2. The highest BCUT2D eigenvalue weighted by molar-refractivity contribution is 9.10. The molecule has 0 aliphatic heterocycles. The molecule has 0 spiro atoms. The Labute approximate surface area is 138 Å². The van der Waals surface area contributed by atoms with Gasteiger partial charge in [-0.25, -0.2) is 0 Å². The van der Waals surface area contributed by atoms with Crippen LogP contribution in [0.5, 0.6) is 5.75 Å². The third kappa shape index (κ3) is 7.87. The summed E-state index contributed by atoms with van der Waals surface area (Å²) in [5.74, 6) is 0.989. The fraction of sp³-hybridized carbons (Fsp3) is 0.667. The van der Waals surface area contributed by atoms with E-state index in [9.17, 15) is 0 Å². The molecule has 0 atom stereocenters. The molecule has 21 heavy (non-hydrogen) atoms. The number of nitrogens with one attached hydrogen (secondary N) is 1. The number of aryl methyl sites for hydroxylation is 2. The maximum atomic E-state index is 5.85. The second-order valence-electron chi connectivity index (χ2n) is 6.81. The molecule has 1 aromatic rings. The summed E-state index contributed by atoms with van der Waals surface area (Å²) >= 11 is 3.58. The maximum Gasteiger partial charge on any atom is 0.119 e. The van der Waals surface area contributed by atoms with Crippen molar-refractivity contribution in [2.24, 2.45) is 0 Å². The Morgan fingerprint density at radius 1 is 1.00 bits per heavy atom. The number of hydrogen-bond acceptors (Lipinski definition) is 2. The highest BCUT2D eigenvalue weighted by Crippen LogP contribution is 2.26. The monoisotopic (exact) mass is 355 g/mol. The largest absolute Gasteiger partial charge is 0.494 e. The summed E-state index contributed by atoms with van der Waals surface area (Å²) < 4.78 is 7.03. The lowest BCUT2D eigenvalue weighted by atomic mass is 10.1. The van der Waals surface area contributed by atoms with E-state index in [-0.39, 0.29) is 5.54 Å². The molecule has 1 aromatic carbocycles. The van der Waals surface area contributed by atoms with Gasteiger partial charge in [-0.1, -0.05) is 28.8 Å². The summed E-state index contributed by atoms with van der Waals surface area (Å²) in [6, 6.07) is 4.20. The van der Waals surface area contributed by atoms with Crippen LogP contribution < -0.4 is 10.1 Å². The van der Waals surface area contributed by atoms with Crippen LogP contribution in [0.2, 0.25) is 0 Å². The van der Waals surface area contributed by atoms with Crippen molar-refractivity contribution in [1.29, 1.82) is 0 Å². The molecule has 2 nitrogen and oxygen atoms in total. The fourth-order valence-electron chi connectivity index (χ4n) is 2.22. The summed E-state index contributed by atoms with van der Waals surface area (Å²) in [4.78, 5) is 0. The highest BCUT2D eigenvalue weighted by atomic mass is 79.9. The third-order valence-corrected chi connectivity index (χ3v) is 4.66. The van der Waals surface area contributed by atoms with Crippen molar-refractivity contribution in [3.63, 3.8) is 0 Å². The van der Waals surface area contributed by atoms with E-state index in [1.807, 2.05) is 0 Å². The van der Waals surface area contributed by atoms with Gasteiger partial charge in [0.05, 0.1) is 6.61 Å². The molecule has 0 aliphatic rings. The van der Waals surface area contributed by atoms with E-state index in [1.165, 1.54) is 34.9 Å². The van der Waals surface area contributed by atoms with E-state index in [0.29, 0.717) is 0 Å². The van der Waals surface area contributed by atoms with Gasteiger partial charge in [0.2, 0.25) is 0 Å². The first-order valence-electron chi connectivity index (χ1n) is 7.94. The van der Waals surface area contributed by atoms with Crippen LogP contribution in [0.3, 0.4) is 0 Å². The second kappa shape index (κ2) is 8.79. The van der Waals surface area contributed by atoms with Crippen LogP contribution in [0.15, 0.2) is 16.6 Å². The molecule has 0 heterocycles. The van der Waals surface area contributed by atoms with Gasteiger partial charge in [0.15, 0.2) is 0 Å². The van der Waals surface area contributed by atoms with E-state index < -0.39 is 0 Å². The molecule has 0 fully saturated rings. The Morgan fingerprint density at radius 2 is 1.57 bits per heavy atom. The van der Waals surface area contributed by atoms with Crippen LogP contribution >= 0.6 is 15.9 Å². The Kier molecular flexibility index (Phi) is 7.75. The lowest BCUT2D eigenvalue weighted by molar-refractivity contribution is 0.303. The van der Waals surface area contributed by atoms with Gasteiger partial charge in [-0.2, -0.15) is 0 Å². The molecule has 1 rings (SSSR count). The standard InChI is InChI=1S/C18H30BrNO/c1-14-12-16(13-15(2)17(14)19)21-11-9-7-6-8-10-20-18(3,4)5/h12-13,20H,6-11H2,1-5H3. The zero-order valence-corrected chi connectivity index (χ0v) is 15.8. The normalized spacial score (nSPS) is 11.7. The van der Waals surface area contributed by atoms with E-state index >= 15 is 0 Å². The maximum absolute atomic E-state index is 5.85. The van der Waals surface area contributed by atoms with Gasteiger partial charge in [-0.15, -0.1) is 0 Å². The average molecular weight is 356 g/mol. The first kappa shape index (κ1) is 18.5. The van der Waals surface area contributed by atoms with Crippen LogP contribution in [-0.2, 0) is 0 Å². The molecule has 0 saturated heterocycles. The van der Waals surface area contributed by atoms with Crippen LogP contribution in [0, 0.1) is 13.8 Å². The topological polar surface area (TPSA) is 21.3 Å². The van der Waals surface area contributed by atoms with E-state index in [1.54, 1.807) is 0 Å². The minimum Gasteiger partial charge on any atom is -0.494 e. The predicted molar refractivity (Wildman–Crippen MR) is 95.3 cm³/mol. The van der Waals surface area contributed by atoms with Crippen LogP contribution in [0.25, 0.3) is 0 Å². The van der Waals surface area contributed by atoms with E-state index in [2.05, 4.69) is 68.0 Å². The number of ether oxygens (including phenoxy) is 1. The number of rotatable bonds is 8. The smallest absolute Gasteiger partial charge is 0.119 e. The molecule has 3 heteroatoms. The van der Waals surface area contributed by atoms with Gasteiger partial charge in [0.1, 0.15) is 5.75 Å². The number of unbranched alkanes of at least 4 members (excludes halogenated alkanes) is 3. The van der Waals surface area contributed by atoms with Crippen molar-refractivity contribution < 1.29 is 4.74 Å². The molecule has 0 radical (unpaired) electrons. The van der Waals surface area contributed by atoms with Crippen LogP contribution in [0.1, 0.15) is 57.6 Å². The quantitative estimate of drug-likeness (QED) is 0.630. The first-order chi connectivity index (χ1) is 9.79. The van der Waals surface area contributed by atoms with Crippen LogP contribution in [-0.4, -0.2) is 18.7 Å². The molecule has 120 valence electrons. The second-order valence-corrected chi connectivity index (χ2v) is 7.60. The molecule has 0 aromatic heterocycles. The van der Waals surface area contributed by atoms with Crippen LogP contribution in [0.4, 0.5) is 0 Å². The Morgan fingerprint density at radius 3 is 2.14 bits per heavy atom. The molecular formula is C18H30BrNO. The molecule has 1 N–H and O–H groups in total. The van der Waals surface area contributed by atoms with Crippen molar-refractivity contribution in [2.45, 2.75) is 65.8 Å². The van der Waals surface area contributed by atoms with Crippen molar-refractivity contribution in [1.82, 2.24) is 5.32 Å². The lowest BCUT2D eigenvalue weighted by Crippen LogP contribution is -2.36. The van der Waals surface area contributed by atoms with Gasteiger partial charge in [-0.05, 0) is 77.3 Å². The van der Waals surface area contributed by atoms with E-state index in [4.69, 9.17) is 4.74 Å². The van der Waals surface area contributed by atoms with E-state index in [0.717, 1.165) is 25.3 Å². The average Bonchev–Trinajstić information content (AvgIpc) is 2.37. The molecule has 0 amide bonds. The molecule has 0 unspecified atom stereocenters. The molecule has 0 saturated carbocycles. The summed E-state index contributed by atoms with van der Waals surface area (Å²) in [7, 11) is 0. The van der Waals surface area contributed by atoms with Gasteiger partial charge in [-0.3, -0.25) is 0 Å². The molecular weight excluding hydrogens is 326 g/mol. The Bertz CT molecular complexity index is 414. The minimum atomic E-state index is 0.237. The number of benzene rings is 1. The van der Waals surface area contributed by atoms with Crippen molar-refractivity contribution in [3.05, 3.63) is 27.7 Å². The summed E-state index contributed by atoms with van der Waals surface area (Å²) in [5.41, 5.74) is 2.71. The Hall–Kier alpha value is -0.540. The SMILES string of the molecule is Cc1cc(OCCCCCCNC(C)(C)C)cc(C)c1Br. The number of halogens is 1. The van der Waals surface area contributed by atoms with Gasteiger partial charge < -0.3 is 10.1 Å². The third-order valence-electron chi connectivity index (χ3n) is 3.41. The lowest BCUT2D eigenvalue weighted by Gasteiger charge is -2.20. The van der Waals surface area contributed by atoms with Crippen molar-refractivity contribution >= 4 is 15.9 Å². The van der Waals surface area contributed by atoms with Gasteiger partial charge in [0.25, 0.3) is 0 Å². The fourth-order valence-corrected chi connectivity index (χ4v) is 2.45. The van der Waals surface area contributed by atoms with Crippen molar-refractivity contribution in [3.8, 4) is 5.75 Å². The predicted octanol–water partition coefficient (Wildman–Crippen LogP) is 5.39. The summed E-state index contributed by atoms with van der Waals surface area (Å²) in [6.45, 7) is 12.8. The highest BCUT2D eigenvalue weighted by Gasteiger charge is 2.07. The Balaban J connectivity index is 2.12. The summed E-state index contributed by atoms with van der Waals surface area (Å²) in [5, 5.41) is 3.52. The molecule has 0 bridgehead atoms. The summed E-state index contributed by atoms with van der Waals surface area (Å²) in [6.07, 6.45) is 4.88. The van der Waals surface area contributed by atoms with Gasteiger partial charge >= 0.3 is 0 Å². The number of hydrogen-bond donors (Lipinski definition) is 1. The molecule has 0 aliphatic carbocycles. The van der Waals surface area contributed by atoms with Crippen molar-refractivity contribution in [2.75, 3.05) is 13.2 Å². The van der Waals surface area contributed by atoms with Gasteiger partial charge in [0, 0.05) is 10.0 Å².